The molecule has 190 valence electrons. The summed E-state index contributed by atoms with van der Waals surface area (Å²) in [7, 11) is 1.69. The number of amides is 2. The van der Waals surface area contributed by atoms with Gasteiger partial charge in [0.05, 0.1) is 19.2 Å². The monoisotopic (exact) mass is 499 g/mol. The fourth-order valence-corrected chi connectivity index (χ4v) is 4.00. The van der Waals surface area contributed by atoms with Crippen molar-refractivity contribution in [2.24, 2.45) is 5.92 Å². The lowest BCUT2D eigenvalue weighted by Crippen LogP contribution is -2.50. The van der Waals surface area contributed by atoms with Gasteiger partial charge in [0.25, 0.3) is 11.8 Å². The number of carbonyl (C=O) groups is 2. The molecule has 3 atom stereocenters. The number of rotatable bonds is 5. The first-order valence-corrected chi connectivity index (χ1v) is 12.1. The zero-order chi connectivity index (χ0) is 26.4. The van der Waals surface area contributed by atoms with Crippen molar-refractivity contribution in [1.29, 1.82) is 0 Å². The molecule has 0 aliphatic carbocycles. The third-order valence-corrected chi connectivity index (χ3v) is 6.21. The molecular formula is C28H29N5O4. The maximum atomic E-state index is 13.5. The van der Waals surface area contributed by atoms with Crippen LogP contribution in [0.1, 0.15) is 46.0 Å². The second-order valence-corrected chi connectivity index (χ2v) is 9.07. The molecule has 4 heterocycles. The van der Waals surface area contributed by atoms with E-state index in [9.17, 15) is 14.7 Å². The number of ether oxygens (including phenoxy) is 1. The molecule has 1 aliphatic heterocycles. The van der Waals surface area contributed by atoms with Crippen LogP contribution < -0.4 is 4.74 Å². The highest BCUT2D eigenvalue weighted by Gasteiger charge is 2.34. The maximum Gasteiger partial charge on any atom is 0.272 e. The van der Waals surface area contributed by atoms with Gasteiger partial charge in [-0.15, -0.1) is 0 Å². The zero-order valence-corrected chi connectivity index (χ0v) is 21.0. The number of aliphatic hydroxyl groups is 1. The fraction of sp³-hybridized carbons (Fsp3) is 0.321. The zero-order valence-electron chi connectivity index (χ0n) is 21.0. The molecule has 0 fully saturated rings. The Morgan fingerprint density at radius 2 is 1.95 bits per heavy atom. The largest absolute Gasteiger partial charge is 0.472 e. The third kappa shape index (κ3) is 6.11. The molecule has 2 amide bonds. The predicted molar refractivity (Wildman–Crippen MR) is 137 cm³/mol. The van der Waals surface area contributed by atoms with Gasteiger partial charge in [-0.1, -0.05) is 25.0 Å². The summed E-state index contributed by atoms with van der Waals surface area (Å²) in [6.07, 6.45) is 4.32. The van der Waals surface area contributed by atoms with Gasteiger partial charge in [-0.2, -0.15) is 0 Å². The van der Waals surface area contributed by atoms with Crippen LogP contribution in [0.3, 0.4) is 0 Å². The van der Waals surface area contributed by atoms with Gasteiger partial charge in [-0.3, -0.25) is 14.6 Å². The van der Waals surface area contributed by atoms with Crippen LogP contribution in [0, 0.1) is 17.8 Å². The van der Waals surface area contributed by atoms with E-state index in [-0.39, 0.29) is 42.3 Å². The Bertz CT molecular complexity index is 1310. The molecule has 3 aromatic heterocycles. The number of carbonyl (C=O) groups excluding carboxylic acids is 2. The molecule has 1 aliphatic rings. The standard InChI is InChI=1S/C28H29N5O4/c1-19-16-33(20(2)18-34)27(35)23-14-21(10-11-22-8-4-6-12-29-22)15-31-26(23)37-25(19)17-32(3)28(36)24-9-5-7-13-30-24/h4-9,12-15,19-20,25,34H,16-18H2,1-3H3/t19-,20+,25+/m1/s1. The Morgan fingerprint density at radius 1 is 1.19 bits per heavy atom. The minimum Gasteiger partial charge on any atom is -0.472 e. The minimum atomic E-state index is -0.462. The van der Waals surface area contributed by atoms with Crippen LogP contribution in [0.25, 0.3) is 0 Å². The number of fused-ring (bicyclic) bond motifs is 1. The van der Waals surface area contributed by atoms with E-state index < -0.39 is 12.1 Å². The number of aliphatic hydroxyl groups excluding tert-OH is 1. The van der Waals surface area contributed by atoms with Crippen molar-refractivity contribution in [2.45, 2.75) is 26.0 Å². The summed E-state index contributed by atoms with van der Waals surface area (Å²) in [6.45, 7) is 4.14. The second kappa shape index (κ2) is 11.6. The lowest BCUT2D eigenvalue weighted by molar-refractivity contribution is 0.0312. The van der Waals surface area contributed by atoms with E-state index in [4.69, 9.17) is 4.74 Å². The van der Waals surface area contributed by atoms with Gasteiger partial charge in [-0.25, -0.2) is 9.97 Å². The van der Waals surface area contributed by atoms with Crippen LogP contribution in [0.4, 0.5) is 0 Å². The fourth-order valence-electron chi connectivity index (χ4n) is 4.00. The van der Waals surface area contributed by atoms with Gasteiger partial charge in [0.2, 0.25) is 5.88 Å². The van der Waals surface area contributed by atoms with Gasteiger partial charge in [-0.05, 0) is 43.2 Å². The van der Waals surface area contributed by atoms with E-state index in [0.717, 1.165) is 0 Å². The van der Waals surface area contributed by atoms with Gasteiger partial charge < -0.3 is 19.6 Å². The van der Waals surface area contributed by atoms with Crippen LogP contribution >= 0.6 is 0 Å². The number of nitrogens with zero attached hydrogens (tertiary/aromatic N) is 5. The number of aromatic nitrogens is 3. The molecule has 0 radical (unpaired) electrons. The van der Waals surface area contributed by atoms with Gasteiger partial charge in [0.1, 0.15) is 23.1 Å². The molecule has 0 spiro atoms. The number of pyridine rings is 3. The molecule has 4 rings (SSSR count). The van der Waals surface area contributed by atoms with Crippen molar-refractivity contribution in [1.82, 2.24) is 24.8 Å². The van der Waals surface area contributed by atoms with E-state index >= 15 is 0 Å². The van der Waals surface area contributed by atoms with E-state index in [0.29, 0.717) is 23.5 Å². The van der Waals surface area contributed by atoms with Crippen LogP contribution in [-0.4, -0.2) is 80.6 Å². The van der Waals surface area contributed by atoms with Crippen LogP contribution in [0.15, 0.2) is 61.1 Å². The second-order valence-electron chi connectivity index (χ2n) is 9.07. The van der Waals surface area contributed by atoms with E-state index in [2.05, 4.69) is 26.8 Å². The highest BCUT2D eigenvalue weighted by Crippen LogP contribution is 2.27. The summed E-state index contributed by atoms with van der Waals surface area (Å²) < 4.78 is 6.26. The van der Waals surface area contributed by atoms with Crippen LogP contribution in [0.5, 0.6) is 5.88 Å². The molecular weight excluding hydrogens is 470 g/mol. The van der Waals surface area contributed by atoms with Crippen LogP contribution in [-0.2, 0) is 0 Å². The SMILES string of the molecule is C[C@@H]1CN([C@@H](C)CO)C(=O)c2cc(C#Cc3ccccn3)cnc2O[C@H]1CN(C)C(=O)c1ccccn1. The molecule has 0 aromatic carbocycles. The summed E-state index contributed by atoms with van der Waals surface area (Å²) >= 11 is 0. The molecule has 1 N–H and O–H groups in total. The normalized spacial score (nSPS) is 17.8. The first-order chi connectivity index (χ1) is 17.9. The summed E-state index contributed by atoms with van der Waals surface area (Å²) in [5, 5.41) is 9.85. The minimum absolute atomic E-state index is 0.157. The Labute approximate surface area is 216 Å². The lowest BCUT2D eigenvalue weighted by Gasteiger charge is -2.37. The number of likely N-dealkylation sites (N-methyl/N-ethyl adjacent to an activating group) is 1. The van der Waals surface area contributed by atoms with Gasteiger partial charge >= 0.3 is 0 Å². The quantitative estimate of drug-likeness (QED) is 0.537. The molecule has 9 nitrogen and oxygen atoms in total. The van der Waals surface area contributed by atoms with Crippen molar-refractivity contribution < 1.29 is 19.4 Å². The van der Waals surface area contributed by atoms with E-state index in [1.807, 2.05) is 19.1 Å². The smallest absolute Gasteiger partial charge is 0.272 e. The van der Waals surface area contributed by atoms with Crippen molar-refractivity contribution in [3.05, 3.63) is 83.6 Å². The topological polar surface area (TPSA) is 109 Å². The molecule has 0 saturated heterocycles. The van der Waals surface area contributed by atoms with E-state index in [1.54, 1.807) is 72.7 Å². The summed E-state index contributed by atoms with van der Waals surface area (Å²) in [4.78, 5) is 42.4. The Morgan fingerprint density at radius 3 is 2.62 bits per heavy atom. The maximum absolute atomic E-state index is 13.5. The summed E-state index contributed by atoms with van der Waals surface area (Å²) in [5.74, 6) is 5.45. The van der Waals surface area contributed by atoms with E-state index in [1.165, 1.54) is 0 Å². The molecule has 37 heavy (non-hydrogen) atoms. The molecule has 9 heteroatoms. The Balaban J connectivity index is 1.65. The molecule has 0 unspecified atom stereocenters. The van der Waals surface area contributed by atoms with Crippen molar-refractivity contribution >= 4 is 11.8 Å². The number of hydrogen-bond acceptors (Lipinski definition) is 7. The summed E-state index contributed by atoms with van der Waals surface area (Å²) in [6, 6.07) is 11.9. The van der Waals surface area contributed by atoms with Gasteiger partial charge in [0.15, 0.2) is 0 Å². The van der Waals surface area contributed by atoms with Gasteiger partial charge in [0, 0.05) is 43.7 Å². The molecule has 3 aromatic rings. The summed E-state index contributed by atoms with van der Waals surface area (Å²) in [5.41, 5.74) is 1.72. The first kappa shape index (κ1) is 25.8. The first-order valence-electron chi connectivity index (χ1n) is 12.1. The molecule has 0 bridgehead atoms. The average molecular weight is 500 g/mol. The third-order valence-electron chi connectivity index (χ3n) is 6.21. The van der Waals surface area contributed by atoms with Crippen molar-refractivity contribution in [2.75, 3.05) is 26.7 Å². The van der Waals surface area contributed by atoms with Crippen LogP contribution in [0.2, 0.25) is 0 Å². The highest BCUT2D eigenvalue weighted by atomic mass is 16.5. The molecule has 0 saturated carbocycles. The Kier molecular flexibility index (Phi) is 8.11. The van der Waals surface area contributed by atoms with Crippen molar-refractivity contribution in [3.8, 4) is 17.7 Å². The average Bonchev–Trinajstić information content (AvgIpc) is 2.94. The van der Waals surface area contributed by atoms with Crippen molar-refractivity contribution in [3.63, 3.8) is 0 Å². The Hall–Kier alpha value is -4.29. The number of hydrogen-bond donors (Lipinski definition) is 1. The highest BCUT2D eigenvalue weighted by molar-refractivity contribution is 5.97. The lowest BCUT2D eigenvalue weighted by atomic mass is 9.99. The predicted octanol–water partition coefficient (Wildman–Crippen LogP) is 2.26.